The van der Waals surface area contributed by atoms with E-state index in [1.54, 1.807) is 12.1 Å². The first-order valence-corrected chi connectivity index (χ1v) is 7.09. The van der Waals surface area contributed by atoms with E-state index in [9.17, 15) is 5.11 Å². The highest BCUT2D eigenvalue weighted by atomic mass is 16.5. The van der Waals surface area contributed by atoms with Crippen molar-refractivity contribution >= 4 is 5.96 Å². The van der Waals surface area contributed by atoms with Crippen LogP contribution in [0.2, 0.25) is 0 Å². The molecule has 0 heterocycles. The van der Waals surface area contributed by atoms with E-state index in [4.69, 9.17) is 4.74 Å². The largest absolute Gasteiger partial charge is 0.504 e. The third-order valence-electron chi connectivity index (χ3n) is 2.83. The Labute approximate surface area is 121 Å². The van der Waals surface area contributed by atoms with Crippen LogP contribution in [0.3, 0.4) is 0 Å². The summed E-state index contributed by atoms with van der Waals surface area (Å²) in [5, 5.41) is 16.2. The highest BCUT2D eigenvalue weighted by molar-refractivity contribution is 5.79. The van der Waals surface area contributed by atoms with Gasteiger partial charge in [-0.15, -0.1) is 0 Å². The van der Waals surface area contributed by atoms with Crippen molar-refractivity contribution in [1.82, 2.24) is 10.6 Å². The number of phenols is 1. The smallest absolute Gasteiger partial charge is 0.191 e. The number of methoxy groups -OCH3 is 1. The van der Waals surface area contributed by atoms with Crippen molar-refractivity contribution in [2.75, 3.05) is 20.2 Å². The number of aromatic hydroxyl groups is 1. The number of unbranched alkanes of at least 4 members (excludes halogenated alkanes) is 1. The minimum absolute atomic E-state index is 0.143. The predicted molar refractivity (Wildman–Crippen MR) is 82.4 cm³/mol. The van der Waals surface area contributed by atoms with Gasteiger partial charge >= 0.3 is 0 Å². The molecular formula is C15H25N3O2. The van der Waals surface area contributed by atoms with Gasteiger partial charge in [0.05, 0.1) is 13.7 Å². The Kier molecular flexibility index (Phi) is 7.32. The number of guanidine groups is 1. The number of hydrogen-bond donors (Lipinski definition) is 3. The van der Waals surface area contributed by atoms with Crippen molar-refractivity contribution in [3.63, 3.8) is 0 Å². The lowest BCUT2D eigenvalue weighted by Gasteiger charge is -2.11. The zero-order valence-electron chi connectivity index (χ0n) is 12.6. The quantitative estimate of drug-likeness (QED) is 0.407. The van der Waals surface area contributed by atoms with Crippen LogP contribution in [-0.2, 0) is 6.54 Å². The normalized spacial score (nSPS) is 11.2. The van der Waals surface area contributed by atoms with E-state index in [1.165, 1.54) is 7.11 Å². The molecule has 1 rings (SSSR count). The minimum Gasteiger partial charge on any atom is -0.504 e. The van der Waals surface area contributed by atoms with Crippen LogP contribution >= 0.6 is 0 Å². The number of nitrogens with zero attached hydrogens (tertiary/aromatic N) is 1. The summed E-state index contributed by atoms with van der Waals surface area (Å²) in [6.45, 7) is 6.45. The molecule has 3 N–H and O–H groups in total. The second-order valence-electron chi connectivity index (χ2n) is 4.48. The first-order chi connectivity index (χ1) is 9.71. The number of hydrogen-bond acceptors (Lipinski definition) is 3. The van der Waals surface area contributed by atoms with Crippen molar-refractivity contribution < 1.29 is 9.84 Å². The van der Waals surface area contributed by atoms with Crippen molar-refractivity contribution in [2.45, 2.75) is 33.2 Å². The molecular weight excluding hydrogens is 254 g/mol. The average Bonchev–Trinajstić information content (AvgIpc) is 2.45. The van der Waals surface area contributed by atoms with Crippen LogP contribution in [0.15, 0.2) is 23.2 Å². The summed E-state index contributed by atoms with van der Waals surface area (Å²) in [4.78, 5) is 4.49. The van der Waals surface area contributed by atoms with Gasteiger partial charge in [0.2, 0.25) is 0 Å². The molecule has 0 atom stereocenters. The molecule has 0 saturated carbocycles. The van der Waals surface area contributed by atoms with Crippen LogP contribution in [0, 0.1) is 0 Å². The van der Waals surface area contributed by atoms with E-state index in [0.29, 0.717) is 12.3 Å². The van der Waals surface area contributed by atoms with E-state index >= 15 is 0 Å². The predicted octanol–water partition coefficient (Wildman–Crippen LogP) is 2.26. The maximum Gasteiger partial charge on any atom is 0.191 e. The van der Waals surface area contributed by atoms with Gasteiger partial charge in [-0.1, -0.05) is 19.4 Å². The first-order valence-electron chi connectivity index (χ1n) is 7.09. The SMILES string of the molecule is CCCCNC(=NCc1ccc(OC)c(O)c1)NCC. The summed E-state index contributed by atoms with van der Waals surface area (Å²) in [5.74, 6) is 1.42. The molecule has 0 amide bonds. The summed E-state index contributed by atoms with van der Waals surface area (Å²) in [6, 6.07) is 5.33. The van der Waals surface area contributed by atoms with Crippen LogP contribution in [0.25, 0.3) is 0 Å². The third kappa shape index (κ3) is 5.38. The molecule has 0 aromatic heterocycles. The summed E-state index contributed by atoms with van der Waals surface area (Å²) in [7, 11) is 1.54. The number of aliphatic imine (C=N–C) groups is 1. The van der Waals surface area contributed by atoms with Crippen molar-refractivity contribution in [2.24, 2.45) is 4.99 Å². The summed E-state index contributed by atoms with van der Waals surface area (Å²) in [5.41, 5.74) is 0.941. The Morgan fingerprint density at radius 1 is 1.30 bits per heavy atom. The monoisotopic (exact) mass is 279 g/mol. The van der Waals surface area contributed by atoms with Crippen LogP contribution in [0.4, 0.5) is 0 Å². The van der Waals surface area contributed by atoms with Crippen LogP contribution in [0.1, 0.15) is 32.3 Å². The van der Waals surface area contributed by atoms with Gasteiger partial charge in [0.15, 0.2) is 17.5 Å². The van der Waals surface area contributed by atoms with E-state index in [1.807, 2.05) is 13.0 Å². The zero-order chi connectivity index (χ0) is 14.8. The van der Waals surface area contributed by atoms with Crippen molar-refractivity contribution in [3.05, 3.63) is 23.8 Å². The van der Waals surface area contributed by atoms with Gasteiger partial charge in [-0.3, -0.25) is 0 Å². The second kappa shape index (κ2) is 9.07. The fourth-order valence-corrected chi connectivity index (χ4v) is 1.73. The van der Waals surface area contributed by atoms with Gasteiger partial charge in [0, 0.05) is 13.1 Å². The van der Waals surface area contributed by atoms with Gasteiger partial charge in [0.25, 0.3) is 0 Å². The average molecular weight is 279 g/mol. The maximum absolute atomic E-state index is 9.73. The van der Waals surface area contributed by atoms with E-state index in [-0.39, 0.29) is 5.75 Å². The highest BCUT2D eigenvalue weighted by Gasteiger charge is 2.02. The van der Waals surface area contributed by atoms with Crippen molar-refractivity contribution in [3.8, 4) is 11.5 Å². The van der Waals surface area contributed by atoms with Crippen LogP contribution in [-0.4, -0.2) is 31.3 Å². The molecule has 0 spiro atoms. The molecule has 0 bridgehead atoms. The van der Waals surface area contributed by atoms with E-state index in [2.05, 4.69) is 22.5 Å². The lowest BCUT2D eigenvalue weighted by molar-refractivity contribution is 0.373. The van der Waals surface area contributed by atoms with Gasteiger partial charge < -0.3 is 20.5 Å². The molecule has 0 fully saturated rings. The Morgan fingerprint density at radius 2 is 2.10 bits per heavy atom. The lowest BCUT2D eigenvalue weighted by atomic mass is 10.2. The molecule has 0 saturated heterocycles. The standard InChI is InChI=1S/C15H25N3O2/c1-4-6-9-17-15(16-5-2)18-11-12-7-8-14(20-3)13(19)10-12/h7-8,10,19H,4-6,9,11H2,1-3H3,(H2,16,17,18). The van der Waals surface area contributed by atoms with E-state index < -0.39 is 0 Å². The molecule has 0 unspecified atom stereocenters. The second-order valence-corrected chi connectivity index (χ2v) is 4.48. The first kappa shape index (κ1) is 16.1. The number of nitrogens with one attached hydrogen (secondary N) is 2. The van der Waals surface area contributed by atoms with Crippen molar-refractivity contribution in [1.29, 1.82) is 0 Å². The highest BCUT2D eigenvalue weighted by Crippen LogP contribution is 2.26. The van der Waals surface area contributed by atoms with Gasteiger partial charge in [-0.05, 0) is 31.0 Å². The molecule has 1 aromatic carbocycles. The molecule has 1 aromatic rings. The fraction of sp³-hybridized carbons (Fsp3) is 0.533. The Morgan fingerprint density at radius 3 is 2.70 bits per heavy atom. The molecule has 5 heteroatoms. The Balaban J connectivity index is 2.63. The summed E-state index contributed by atoms with van der Waals surface area (Å²) >= 11 is 0. The van der Waals surface area contributed by atoms with Crippen LogP contribution in [0.5, 0.6) is 11.5 Å². The molecule has 0 aliphatic rings. The number of ether oxygens (including phenoxy) is 1. The Bertz CT molecular complexity index is 433. The molecule has 112 valence electrons. The number of phenolic OH excluding ortho intramolecular Hbond substituents is 1. The number of benzene rings is 1. The molecule has 0 radical (unpaired) electrons. The van der Waals surface area contributed by atoms with Gasteiger partial charge in [-0.2, -0.15) is 0 Å². The molecule has 0 aliphatic heterocycles. The molecule has 5 nitrogen and oxygen atoms in total. The van der Waals surface area contributed by atoms with E-state index in [0.717, 1.165) is 37.5 Å². The van der Waals surface area contributed by atoms with Gasteiger partial charge in [0.1, 0.15) is 0 Å². The topological polar surface area (TPSA) is 65.9 Å². The summed E-state index contributed by atoms with van der Waals surface area (Å²) in [6.07, 6.45) is 2.27. The fourth-order valence-electron chi connectivity index (χ4n) is 1.73. The lowest BCUT2D eigenvalue weighted by Crippen LogP contribution is -2.37. The maximum atomic E-state index is 9.73. The number of rotatable bonds is 7. The summed E-state index contributed by atoms with van der Waals surface area (Å²) < 4.78 is 5.02. The Hall–Kier alpha value is -1.91. The molecule has 0 aliphatic carbocycles. The third-order valence-corrected chi connectivity index (χ3v) is 2.83. The zero-order valence-corrected chi connectivity index (χ0v) is 12.6. The minimum atomic E-state index is 0.143. The van der Waals surface area contributed by atoms with Gasteiger partial charge in [-0.25, -0.2) is 4.99 Å². The van der Waals surface area contributed by atoms with Crippen LogP contribution < -0.4 is 15.4 Å². The molecule has 20 heavy (non-hydrogen) atoms.